The zero-order chi connectivity index (χ0) is 20.4. The molecule has 0 saturated carbocycles. The second kappa shape index (κ2) is 7.79. The first kappa shape index (κ1) is 18.7. The van der Waals surface area contributed by atoms with Gasteiger partial charge in [0.2, 0.25) is 0 Å². The molecule has 0 atom stereocenters. The number of pyridine rings is 1. The lowest BCUT2D eigenvalue weighted by Crippen LogP contribution is -2.27. The number of carbonyl (C=O) groups is 1. The quantitative estimate of drug-likeness (QED) is 0.507. The van der Waals surface area contributed by atoms with Gasteiger partial charge in [-0.25, -0.2) is 9.67 Å². The van der Waals surface area contributed by atoms with Gasteiger partial charge in [0, 0.05) is 25.6 Å². The van der Waals surface area contributed by atoms with E-state index in [0.29, 0.717) is 12.2 Å². The minimum Gasteiger partial charge on any atom is -0.471 e. The molecule has 0 N–H and O–H groups in total. The number of amides is 1. The third kappa shape index (κ3) is 4.13. The number of imidazole rings is 1. The highest BCUT2D eigenvalue weighted by molar-refractivity contribution is 5.91. The van der Waals surface area contributed by atoms with Crippen LogP contribution in [-0.4, -0.2) is 37.0 Å². The Balaban J connectivity index is 1.40. The van der Waals surface area contributed by atoms with Crippen LogP contribution in [0.1, 0.15) is 27.3 Å². The van der Waals surface area contributed by atoms with E-state index in [9.17, 15) is 4.79 Å². The van der Waals surface area contributed by atoms with Crippen LogP contribution in [0.3, 0.4) is 0 Å². The van der Waals surface area contributed by atoms with Gasteiger partial charge >= 0.3 is 0 Å². The Labute approximate surface area is 169 Å². The molecule has 0 aliphatic heterocycles. The molecule has 3 aromatic heterocycles. The van der Waals surface area contributed by atoms with Crippen molar-refractivity contribution >= 4 is 11.6 Å². The van der Waals surface area contributed by atoms with Gasteiger partial charge in [-0.2, -0.15) is 5.10 Å². The average Bonchev–Trinajstić information content (AvgIpc) is 3.34. The summed E-state index contributed by atoms with van der Waals surface area (Å²) >= 11 is 0. The molecular weight excluding hydrogens is 366 g/mol. The minimum absolute atomic E-state index is 0.160. The van der Waals surface area contributed by atoms with Crippen molar-refractivity contribution < 1.29 is 9.53 Å². The monoisotopic (exact) mass is 389 g/mol. The Hall–Kier alpha value is -3.61. The number of fused-ring (bicyclic) bond motifs is 1. The maximum Gasteiger partial charge on any atom is 0.274 e. The summed E-state index contributed by atoms with van der Waals surface area (Å²) < 4.78 is 9.41. The first-order valence-corrected chi connectivity index (χ1v) is 9.41. The van der Waals surface area contributed by atoms with E-state index in [1.807, 2.05) is 67.0 Å². The average molecular weight is 389 g/mol. The molecule has 0 aliphatic rings. The smallest absolute Gasteiger partial charge is 0.274 e. The van der Waals surface area contributed by atoms with Crippen molar-refractivity contribution in [1.82, 2.24) is 24.1 Å². The summed E-state index contributed by atoms with van der Waals surface area (Å²) in [5.74, 6) is 0.657. The molecule has 1 amide bonds. The van der Waals surface area contributed by atoms with E-state index in [4.69, 9.17) is 4.74 Å². The molecule has 29 heavy (non-hydrogen) atoms. The number of hydrogen-bond acceptors (Lipinski definition) is 4. The van der Waals surface area contributed by atoms with E-state index in [-0.39, 0.29) is 12.6 Å². The van der Waals surface area contributed by atoms with Crippen LogP contribution in [0.4, 0.5) is 0 Å². The molecule has 7 nitrogen and oxygen atoms in total. The molecule has 0 aliphatic carbocycles. The summed E-state index contributed by atoms with van der Waals surface area (Å²) in [5.41, 5.74) is 4.25. The van der Waals surface area contributed by atoms with Gasteiger partial charge in [-0.05, 0) is 49.2 Å². The highest BCUT2D eigenvalue weighted by Gasteiger charge is 2.16. The maximum atomic E-state index is 12.7. The SMILES string of the molecule is Cc1ccc(C)c(OCn2ccc(C(=O)N(C)Cc3cn4ccccc4n3)n2)c1. The largest absolute Gasteiger partial charge is 0.471 e. The molecule has 4 aromatic rings. The van der Waals surface area contributed by atoms with Crippen LogP contribution >= 0.6 is 0 Å². The number of carbonyl (C=O) groups excluding carboxylic acids is 1. The van der Waals surface area contributed by atoms with Crippen LogP contribution in [0.2, 0.25) is 0 Å². The molecule has 148 valence electrons. The molecule has 0 saturated heterocycles. The van der Waals surface area contributed by atoms with E-state index in [1.54, 1.807) is 28.9 Å². The van der Waals surface area contributed by atoms with Crippen molar-refractivity contribution in [2.75, 3.05) is 7.05 Å². The Morgan fingerprint density at radius 3 is 2.83 bits per heavy atom. The number of aromatic nitrogens is 4. The Bertz CT molecular complexity index is 1130. The summed E-state index contributed by atoms with van der Waals surface area (Å²) in [4.78, 5) is 18.9. The van der Waals surface area contributed by atoms with Crippen LogP contribution in [0, 0.1) is 13.8 Å². The molecule has 7 heteroatoms. The van der Waals surface area contributed by atoms with Gasteiger partial charge in [0.15, 0.2) is 12.4 Å². The molecule has 4 rings (SSSR count). The van der Waals surface area contributed by atoms with Gasteiger partial charge in [-0.1, -0.05) is 18.2 Å². The topological polar surface area (TPSA) is 64.7 Å². The summed E-state index contributed by atoms with van der Waals surface area (Å²) in [5, 5.41) is 4.36. The van der Waals surface area contributed by atoms with Crippen molar-refractivity contribution in [3.63, 3.8) is 0 Å². The zero-order valence-electron chi connectivity index (χ0n) is 16.7. The van der Waals surface area contributed by atoms with Crippen molar-refractivity contribution in [2.24, 2.45) is 0 Å². The fourth-order valence-corrected chi connectivity index (χ4v) is 3.12. The lowest BCUT2D eigenvalue weighted by Gasteiger charge is -2.14. The number of nitrogens with zero attached hydrogens (tertiary/aromatic N) is 5. The Morgan fingerprint density at radius 2 is 2.00 bits per heavy atom. The van der Waals surface area contributed by atoms with Gasteiger partial charge in [-0.15, -0.1) is 0 Å². The van der Waals surface area contributed by atoms with Gasteiger partial charge in [0.25, 0.3) is 5.91 Å². The predicted octanol–water partition coefficient (Wildman–Crippen LogP) is 3.46. The maximum absolute atomic E-state index is 12.7. The normalized spacial score (nSPS) is 11.0. The predicted molar refractivity (Wildman–Crippen MR) is 110 cm³/mol. The molecule has 0 unspecified atom stereocenters. The molecule has 0 spiro atoms. The molecule has 0 radical (unpaired) electrons. The highest BCUT2D eigenvalue weighted by Crippen LogP contribution is 2.19. The van der Waals surface area contributed by atoms with Crippen LogP contribution < -0.4 is 4.74 Å². The van der Waals surface area contributed by atoms with E-state index >= 15 is 0 Å². The van der Waals surface area contributed by atoms with Crippen molar-refractivity contribution in [1.29, 1.82) is 0 Å². The van der Waals surface area contributed by atoms with Crippen LogP contribution in [0.15, 0.2) is 61.1 Å². The summed E-state index contributed by atoms with van der Waals surface area (Å²) in [6.45, 7) is 4.68. The van der Waals surface area contributed by atoms with Crippen LogP contribution in [-0.2, 0) is 13.3 Å². The van der Waals surface area contributed by atoms with E-state index in [0.717, 1.165) is 28.2 Å². The highest BCUT2D eigenvalue weighted by atomic mass is 16.5. The first-order chi connectivity index (χ1) is 14.0. The van der Waals surface area contributed by atoms with E-state index in [2.05, 4.69) is 10.1 Å². The standard InChI is InChI=1S/C22H23N5O2/c1-16-7-8-17(2)20(12-16)29-15-27-11-9-19(24-27)22(28)25(3)13-18-14-26-10-5-4-6-21(26)23-18/h4-12,14H,13,15H2,1-3H3. The van der Waals surface area contributed by atoms with Crippen molar-refractivity contribution in [2.45, 2.75) is 27.1 Å². The fraction of sp³-hybridized carbons (Fsp3) is 0.227. The number of aryl methyl sites for hydroxylation is 2. The molecule has 0 bridgehead atoms. The summed E-state index contributed by atoms with van der Waals surface area (Å²) in [7, 11) is 1.75. The van der Waals surface area contributed by atoms with Crippen LogP contribution in [0.25, 0.3) is 5.65 Å². The van der Waals surface area contributed by atoms with Crippen molar-refractivity contribution in [3.8, 4) is 5.75 Å². The number of ether oxygens (including phenoxy) is 1. The second-order valence-corrected chi connectivity index (χ2v) is 7.14. The third-order valence-electron chi connectivity index (χ3n) is 4.72. The molecule has 3 heterocycles. The Kier molecular flexibility index (Phi) is 5.03. The van der Waals surface area contributed by atoms with Crippen molar-refractivity contribution in [3.05, 3.63) is 83.6 Å². The zero-order valence-corrected chi connectivity index (χ0v) is 16.7. The molecular formula is C22H23N5O2. The number of rotatable bonds is 6. The van der Waals surface area contributed by atoms with Crippen LogP contribution in [0.5, 0.6) is 5.75 Å². The van der Waals surface area contributed by atoms with Gasteiger partial charge in [0.05, 0.1) is 12.2 Å². The summed E-state index contributed by atoms with van der Waals surface area (Å²) in [6.07, 6.45) is 5.61. The number of benzene rings is 1. The van der Waals surface area contributed by atoms with Gasteiger partial charge < -0.3 is 14.0 Å². The lowest BCUT2D eigenvalue weighted by atomic mass is 10.1. The fourth-order valence-electron chi connectivity index (χ4n) is 3.12. The van der Waals surface area contributed by atoms with Gasteiger partial charge in [0.1, 0.15) is 11.4 Å². The lowest BCUT2D eigenvalue weighted by molar-refractivity contribution is 0.0775. The first-order valence-electron chi connectivity index (χ1n) is 9.41. The minimum atomic E-state index is -0.160. The molecule has 1 aromatic carbocycles. The molecule has 0 fully saturated rings. The van der Waals surface area contributed by atoms with E-state index < -0.39 is 0 Å². The third-order valence-corrected chi connectivity index (χ3v) is 4.72. The number of hydrogen-bond donors (Lipinski definition) is 0. The Morgan fingerprint density at radius 1 is 1.14 bits per heavy atom. The van der Waals surface area contributed by atoms with Gasteiger partial charge in [-0.3, -0.25) is 4.79 Å². The second-order valence-electron chi connectivity index (χ2n) is 7.14. The van der Waals surface area contributed by atoms with E-state index in [1.165, 1.54) is 0 Å². The summed E-state index contributed by atoms with van der Waals surface area (Å²) in [6, 6.07) is 13.6.